The van der Waals surface area contributed by atoms with Crippen LogP contribution in [0.5, 0.6) is 0 Å². The number of aliphatic imine (C=N–C) groups is 1. The fraction of sp³-hybridized carbons (Fsp3) is 0.462. The molecule has 0 radical (unpaired) electrons. The third-order valence-corrected chi connectivity index (χ3v) is 6.02. The summed E-state index contributed by atoms with van der Waals surface area (Å²) in [6.45, 7) is 10.7. The quantitative estimate of drug-likeness (QED) is 0.620. The van der Waals surface area contributed by atoms with Gasteiger partial charge in [0.05, 0.1) is 13.0 Å². The second-order valence-corrected chi connectivity index (χ2v) is 9.32. The number of ether oxygens (including phenoxy) is 2. The zero-order valence-electron chi connectivity index (χ0n) is 19.4. The Morgan fingerprint density at radius 2 is 1.65 bits per heavy atom. The normalized spacial score (nSPS) is 22.5. The van der Waals surface area contributed by atoms with Crippen LogP contribution in [-0.4, -0.2) is 36.2 Å². The molecule has 166 valence electrons. The topological polar surface area (TPSA) is 51.1 Å². The van der Waals surface area contributed by atoms with E-state index in [2.05, 4.69) is 46.8 Å². The van der Waals surface area contributed by atoms with Gasteiger partial charge in [0.2, 0.25) is 0 Å². The van der Waals surface area contributed by atoms with Crippen LogP contribution in [0.4, 0.5) is 4.79 Å². The van der Waals surface area contributed by atoms with Gasteiger partial charge in [0.1, 0.15) is 12.8 Å². The van der Waals surface area contributed by atoms with E-state index in [-0.39, 0.29) is 42.2 Å². The molecule has 0 saturated heterocycles. The van der Waals surface area contributed by atoms with Crippen LogP contribution >= 0.6 is 0 Å². The van der Waals surface area contributed by atoms with Crippen molar-refractivity contribution in [3.8, 4) is 0 Å². The van der Waals surface area contributed by atoms with E-state index in [0.29, 0.717) is 5.90 Å². The highest BCUT2D eigenvalue weighted by Gasteiger charge is 2.47. The first-order valence-electron chi connectivity index (χ1n) is 10.9. The molecular weight excluding hydrogens is 388 g/mol. The van der Waals surface area contributed by atoms with Crippen molar-refractivity contribution in [2.75, 3.05) is 7.11 Å². The first-order valence-corrected chi connectivity index (χ1v) is 10.9. The van der Waals surface area contributed by atoms with Crippen molar-refractivity contribution in [1.82, 2.24) is 4.90 Å². The van der Waals surface area contributed by atoms with Crippen molar-refractivity contribution in [3.05, 3.63) is 71.8 Å². The number of hydrogen-bond acceptors (Lipinski definition) is 4. The van der Waals surface area contributed by atoms with E-state index < -0.39 is 0 Å². The molecule has 1 heterocycles. The van der Waals surface area contributed by atoms with E-state index in [0.717, 1.165) is 5.56 Å². The van der Waals surface area contributed by atoms with Crippen molar-refractivity contribution in [1.29, 1.82) is 0 Å². The Balaban J connectivity index is 1.93. The van der Waals surface area contributed by atoms with Gasteiger partial charge < -0.3 is 9.47 Å². The van der Waals surface area contributed by atoms with Gasteiger partial charge in [0.15, 0.2) is 5.90 Å². The molecule has 5 nitrogen and oxygen atoms in total. The zero-order valence-corrected chi connectivity index (χ0v) is 19.4. The zero-order chi connectivity index (χ0) is 22.6. The highest BCUT2D eigenvalue weighted by atomic mass is 16.6. The van der Waals surface area contributed by atoms with E-state index in [4.69, 9.17) is 14.5 Å². The lowest BCUT2D eigenvalue weighted by molar-refractivity contribution is 0.0144. The molecule has 0 unspecified atom stereocenters. The van der Waals surface area contributed by atoms with Gasteiger partial charge in [0, 0.05) is 11.5 Å². The Hall–Kier alpha value is -2.82. The number of carbonyl (C=O) groups excluding carboxylic acids is 1. The molecule has 1 amide bonds. The van der Waals surface area contributed by atoms with Gasteiger partial charge >= 0.3 is 6.09 Å². The third kappa shape index (κ3) is 5.09. The Morgan fingerprint density at radius 3 is 2.19 bits per heavy atom. The predicted octanol–water partition coefficient (Wildman–Crippen LogP) is 5.86. The maximum absolute atomic E-state index is 13.3. The number of nitrogens with zero attached hydrogens (tertiary/aromatic N) is 2. The number of hydrogen-bond donors (Lipinski definition) is 0. The SMILES string of the molecule is COC1=N[C@@H](C(C)(C)C)N(C(=O)OCc2ccccc2)[C@@H](C)[C@@H]1[C@H](C)c1ccccc1. The fourth-order valence-electron chi connectivity index (χ4n) is 4.33. The van der Waals surface area contributed by atoms with Gasteiger partial charge in [0.25, 0.3) is 0 Å². The second-order valence-electron chi connectivity index (χ2n) is 9.32. The van der Waals surface area contributed by atoms with E-state index in [1.165, 1.54) is 5.56 Å². The summed E-state index contributed by atoms with van der Waals surface area (Å²) in [6.07, 6.45) is -0.722. The van der Waals surface area contributed by atoms with Gasteiger partial charge in [-0.2, -0.15) is 0 Å². The first-order chi connectivity index (χ1) is 14.7. The van der Waals surface area contributed by atoms with Crippen molar-refractivity contribution < 1.29 is 14.3 Å². The molecule has 0 bridgehead atoms. The van der Waals surface area contributed by atoms with Crippen molar-refractivity contribution in [2.24, 2.45) is 16.3 Å². The summed E-state index contributed by atoms with van der Waals surface area (Å²) in [5.74, 6) is 0.742. The average Bonchev–Trinajstić information content (AvgIpc) is 2.77. The Morgan fingerprint density at radius 1 is 1.06 bits per heavy atom. The standard InChI is InChI=1S/C26H34N2O3/c1-18(21-15-11-8-12-16-21)22-19(2)28(24(26(3,4)5)27-23(22)30-6)25(29)31-17-20-13-9-7-10-14-20/h7-16,18-19,22,24H,17H2,1-6H3/t18-,19+,22+,24-/m1/s1. The molecule has 0 N–H and O–H groups in total. The van der Waals surface area contributed by atoms with Crippen LogP contribution in [0, 0.1) is 11.3 Å². The van der Waals surface area contributed by atoms with E-state index >= 15 is 0 Å². The van der Waals surface area contributed by atoms with E-state index in [1.54, 1.807) is 12.0 Å². The largest absolute Gasteiger partial charge is 0.484 e. The Labute approximate surface area is 186 Å². The highest BCUT2D eigenvalue weighted by Crippen LogP contribution is 2.39. The van der Waals surface area contributed by atoms with Gasteiger partial charge in [-0.3, -0.25) is 4.90 Å². The minimum atomic E-state index is -0.375. The van der Waals surface area contributed by atoms with Crippen LogP contribution < -0.4 is 0 Å². The monoisotopic (exact) mass is 422 g/mol. The highest BCUT2D eigenvalue weighted by molar-refractivity contribution is 5.83. The number of benzene rings is 2. The van der Waals surface area contributed by atoms with E-state index in [1.807, 2.05) is 48.5 Å². The summed E-state index contributed by atoms with van der Waals surface area (Å²) in [7, 11) is 1.67. The van der Waals surface area contributed by atoms with Gasteiger partial charge in [-0.1, -0.05) is 88.4 Å². The van der Waals surface area contributed by atoms with Crippen LogP contribution in [0.3, 0.4) is 0 Å². The summed E-state index contributed by atoms with van der Waals surface area (Å²) in [5, 5.41) is 0. The molecule has 0 spiro atoms. The van der Waals surface area contributed by atoms with Gasteiger partial charge in [-0.05, 0) is 24.0 Å². The molecule has 2 aromatic rings. The number of carbonyl (C=O) groups is 1. The lowest BCUT2D eigenvalue weighted by atomic mass is 9.79. The maximum Gasteiger partial charge on any atom is 0.412 e. The van der Waals surface area contributed by atoms with Crippen LogP contribution in [0.1, 0.15) is 51.7 Å². The van der Waals surface area contributed by atoms with Gasteiger partial charge in [-0.25, -0.2) is 9.79 Å². The Bertz CT molecular complexity index is 890. The van der Waals surface area contributed by atoms with Crippen molar-refractivity contribution >= 4 is 12.0 Å². The summed E-state index contributed by atoms with van der Waals surface area (Å²) in [4.78, 5) is 20.1. The molecule has 0 aromatic heterocycles. The molecule has 31 heavy (non-hydrogen) atoms. The molecule has 3 rings (SSSR count). The fourth-order valence-corrected chi connectivity index (χ4v) is 4.33. The van der Waals surface area contributed by atoms with Crippen LogP contribution in [0.2, 0.25) is 0 Å². The summed E-state index contributed by atoms with van der Waals surface area (Å²) in [6, 6.07) is 19.9. The molecule has 2 aromatic carbocycles. The van der Waals surface area contributed by atoms with Gasteiger partial charge in [-0.15, -0.1) is 0 Å². The molecule has 5 heteroatoms. The molecular formula is C26H34N2O3. The van der Waals surface area contributed by atoms with Crippen molar-refractivity contribution in [2.45, 2.75) is 59.4 Å². The minimum absolute atomic E-state index is 0.0738. The lowest BCUT2D eigenvalue weighted by Crippen LogP contribution is -2.59. The van der Waals surface area contributed by atoms with Crippen LogP contribution in [0.15, 0.2) is 65.7 Å². The molecule has 0 fully saturated rings. The summed E-state index contributed by atoms with van der Waals surface area (Å²) in [5.41, 5.74) is 1.88. The molecule has 1 aliphatic rings. The second kappa shape index (κ2) is 9.54. The van der Waals surface area contributed by atoms with Crippen molar-refractivity contribution in [3.63, 3.8) is 0 Å². The first kappa shape index (κ1) is 22.9. The average molecular weight is 423 g/mol. The van der Waals surface area contributed by atoms with E-state index in [9.17, 15) is 4.79 Å². The smallest absolute Gasteiger partial charge is 0.412 e. The third-order valence-electron chi connectivity index (χ3n) is 6.02. The summed E-state index contributed by atoms with van der Waals surface area (Å²) < 4.78 is 11.5. The minimum Gasteiger partial charge on any atom is -0.484 e. The predicted molar refractivity (Wildman–Crippen MR) is 124 cm³/mol. The number of methoxy groups -OCH3 is 1. The van der Waals surface area contributed by atoms with Crippen LogP contribution in [-0.2, 0) is 16.1 Å². The molecule has 0 saturated carbocycles. The Kier molecular flexibility index (Phi) is 7.04. The lowest BCUT2D eigenvalue weighted by Gasteiger charge is -2.47. The molecule has 1 aliphatic heterocycles. The van der Waals surface area contributed by atoms with Crippen LogP contribution in [0.25, 0.3) is 0 Å². The maximum atomic E-state index is 13.3. The molecule has 4 atom stereocenters. The number of amides is 1. The molecule has 0 aliphatic carbocycles. The number of rotatable bonds is 4. The summed E-state index contributed by atoms with van der Waals surface area (Å²) >= 11 is 0.